The summed E-state index contributed by atoms with van der Waals surface area (Å²) in [5, 5.41) is 8.28. The van der Waals surface area contributed by atoms with Crippen LogP contribution in [0.1, 0.15) is 55.3 Å². The number of hydrogen-bond acceptors (Lipinski definition) is 4. The highest BCUT2D eigenvalue weighted by Gasteiger charge is 2.27. The van der Waals surface area contributed by atoms with Crippen LogP contribution in [-0.2, 0) is 12.8 Å². The molecule has 2 N–H and O–H groups in total. The topological polar surface area (TPSA) is 52.6 Å². The highest BCUT2D eigenvalue weighted by molar-refractivity contribution is 7.11. The van der Waals surface area contributed by atoms with Gasteiger partial charge in [0.05, 0.1) is 5.01 Å². The number of guanidine groups is 1. The molecule has 1 saturated carbocycles. The Morgan fingerprint density at radius 3 is 2.68 bits per heavy atom. The maximum Gasteiger partial charge on any atom is 0.191 e. The molecule has 1 aliphatic heterocycles. The average molecular weight is 364 g/mol. The first-order valence-corrected chi connectivity index (χ1v) is 10.7. The van der Waals surface area contributed by atoms with Gasteiger partial charge in [-0.3, -0.25) is 4.99 Å². The molecule has 3 rings (SSSR count). The van der Waals surface area contributed by atoms with Gasteiger partial charge in [-0.15, -0.1) is 11.3 Å². The van der Waals surface area contributed by atoms with E-state index in [1.807, 2.05) is 24.6 Å². The van der Waals surface area contributed by atoms with Crippen molar-refractivity contribution in [3.8, 4) is 0 Å². The van der Waals surface area contributed by atoms with Crippen LogP contribution in [0.5, 0.6) is 0 Å². The zero-order valence-corrected chi connectivity index (χ0v) is 16.6. The minimum absolute atomic E-state index is 0.551. The van der Waals surface area contributed by atoms with Crippen LogP contribution in [0.25, 0.3) is 0 Å². The number of nitrogens with one attached hydrogen (secondary N) is 2. The number of hydrogen-bond donors (Lipinski definition) is 2. The van der Waals surface area contributed by atoms with Crippen LogP contribution in [0, 0.1) is 0 Å². The van der Waals surface area contributed by atoms with E-state index in [-0.39, 0.29) is 0 Å². The van der Waals surface area contributed by atoms with Crippen molar-refractivity contribution in [1.82, 2.24) is 20.5 Å². The Bertz CT molecular complexity index is 542. The zero-order chi connectivity index (χ0) is 17.5. The summed E-state index contributed by atoms with van der Waals surface area (Å²) in [6, 6.07) is 1.42. The van der Waals surface area contributed by atoms with Crippen molar-refractivity contribution in [2.75, 3.05) is 26.7 Å². The number of rotatable bonds is 6. The summed E-state index contributed by atoms with van der Waals surface area (Å²) in [5.74, 6) is 0.937. The molecule has 1 saturated heterocycles. The Morgan fingerprint density at radius 1 is 1.28 bits per heavy atom. The second-order valence-electron chi connectivity index (χ2n) is 7.22. The Labute approximate surface area is 156 Å². The van der Waals surface area contributed by atoms with Crippen LogP contribution < -0.4 is 10.6 Å². The minimum atomic E-state index is 0.551. The largest absolute Gasteiger partial charge is 0.356 e. The fourth-order valence-electron chi connectivity index (χ4n) is 3.98. The summed E-state index contributed by atoms with van der Waals surface area (Å²) >= 11 is 1.82. The zero-order valence-electron chi connectivity index (χ0n) is 15.8. The second kappa shape index (κ2) is 9.53. The van der Waals surface area contributed by atoms with Crippen LogP contribution in [-0.4, -0.2) is 54.6 Å². The van der Waals surface area contributed by atoms with Crippen molar-refractivity contribution in [2.24, 2.45) is 4.99 Å². The number of aromatic nitrogens is 1. The second-order valence-corrected chi connectivity index (χ2v) is 8.42. The third kappa shape index (κ3) is 5.42. The number of likely N-dealkylation sites (tertiary alicyclic amines) is 1. The van der Waals surface area contributed by atoms with Crippen molar-refractivity contribution in [3.63, 3.8) is 0 Å². The number of piperidine rings is 1. The molecule has 2 fully saturated rings. The van der Waals surface area contributed by atoms with Gasteiger partial charge in [0.2, 0.25) is 0 Å². The molecular weight excluding hydrogens is 330 g/mol. The van der Waals surface area contributed by atoms with E-state index in [1.165, 1.54) is 61.5 Å². The molecule has 0 radical (unpaired) electrons. The maximum absolute atomic E-state index is 4.48. The Hall–Kier alpha value is -1.14. The number of nitrogens with zero attached hydrogens (tertiary/aromatic N) is 3. The van der Waals surface area contributed by atoms with Gasteiger partial charge in [0.25, 0.3) is 0 Å². The molecule has 0 unspecified atom stereocenters. The van der Waals surface area contributed by atoms with Gasteiger partial charge in [-0.2, -0.15) is 0 Å². The smallest absolute Gasteiger partial charge is 0.191 e. The predicted molar refractivity (Wildman–Crippen MR) is 107 cm³/mol. The Balaban J connectivity index is 1.36. The first kappa shape index (κ1) is 18.6. The van der Waals surface area contributed by atoms with Crippen molar-refractivity contribution >= 4 is 17.3 Å². The minimum Gasteiger partial charge on any atom is -0.356 e. The lowest BCUT2D eigenvalue weighted by Gasteiger charge is -2.36. The normalized spacial score (nSPS) is 21.0. The van der Waals surface area contributed by atoms with E-state index in [2.05, 4.69) is 32.4 Å². The van der Waals surface area contributed by atoms with Crippen LogP contribution in [0.2, 0.25) is 0 Å². The third-order valence-electron chi connectivity index (χ3n) is 5.52. The van der Waals surface area contributed by atoms with E-state index in [0.717, 1.165) is 31.4 Å². The number of aryl methyl sites for hydroxylation is 1. The van der Waals surface area contributed by atoms with Gasteiger partial charge in [-0.25, -0.2) is 4.98 Å². The van der Waals surface area contributed by atoms with E-state index in [4.69, 9.17) is 0 Å². The van der Waals surface area contributed by atoms with Gasteiger partial charge in [-0.1, -0.05) is 19.8 Å². The van der Waals surface area contributed by atoms with Crippen molar-refractivity contribution in [2.45, 2.75) is 70.4 Å². The molecule has 25 heavy (non-hydrogen) atoms. The van der Waals surface area contributed by atoms with Gasteiger partial charge in [0.15, 0.2) is 5.96 Å². The highest BCUT2D eigenvalue weighted by Crippen LogP contribution is 2.26. The molecule has 5 nitrogen and oxygen atoms in total. The van der Waals surface area contributed by atoms with E-state index in [9.17, 15) is 0 Å². The molecule has 140 valence electrons. The summed E-state index contributed by atoms with van der Waals surface area (Å²) in [5.41, 5.74) is 0. The van der Waals surface area contributed by atoms with Crippen molar-refractivity contribution in [3.05, 3.63) is 16.1 Å². The summed E-state index contributed by atoms with van der Waals surface area (Å²) in [7, 11) is 1.86. The Kier molecular flexibility index (Phi) is 7.11. The van der Waals surface area contributed by atoms with Gasteiger partial charge >= 0.3 is 0 Å². The number of aliphatic imine (C=N–C) groups is 1. The standard InChI is InChI=1S/C19H33N5S/c1-3-17-14-22-18(25-17)8-11-21-19(20-2)23-15-9-12-24(13-10-15)16-6-4-5-7-16/h14-16H,3-13H2,1-2H3,(H2,20,21,23). The summed E-state index contributed by atoms with van der Waals surface area (Å²) in [6.45, 7) is 5.53. The quantitative estimate of drug-likeness (QED) is 0.603. The van der Waals surface area contributed by atoms with E-state index in [0.29, 0.717) is 6.04 Å². The first-order chi connectivity index (χ1) is 12.3. The van der Waals surface area contributed by atoms with Crippen molar-refractivity contribution < 1.29 is 0 Å². The molecule has 6 heteroatoms. The SMILES string of the molecule is CCc1cnc(CCNC(=NC)NC2CCN(C3CCCC3)CC2)s1. The molecule has 0 aromatic carbocycles. The fraction of sp³-hybridized carbons (Fsp3) is 0.789. The van der Waals surface area contributed by atoms with Crippen LogP contribution >= 0.6 is 11.3 Å². The average Bonchev–Trinajstić information content (AvgIpc) is 3.33. The summed E-state index contributed by atoms with van der Waals surface area (Å²) < 4.78 is 0. The van der Waals surface area contributed by atoms with Gasteiger partial charge in [0.1, 0.15) is 0 Å². The molecule has 0 spiro atoms. The molecule has 1 aromatic heterocycles. The van der Waals surface area contributed by atoms with Gasteiger partial charge in [0, 0.05) is 56.3 Å². The molecule has 1 aromatic rings. The number of thiazole rings is 1. The molecule has 2 heterocycles. The van der Waals surface area contributed by atoms with Crippen LogP contribution in [0.4, 0.5) is 0 Å². The third-order valence-corrected chi connectivity index (χ3v) is 6.72. The summed E-state index contributed by atoms with van der Waals surface area (Å²) in [6.07, 6.45) is 12.2. The lowest BCUT2D eigenvalue weighted by atomic mass is 10.0. The lowest BCUT2D eigenvalue weighted by molar-refractivity contribution is 0.150. The van der Waals surface area contributed by atoms with Crippen LogP contribution in [0.3, 0.4) is 0 Å². The molecule has 1 aliphatic carbocycles. The van der Waals surface area contributed by atoms with E-state index in [1.54, 1.807) is 0 Å². The van der Waals surface area contributed by atoms with Crippen molar-refractivity contribution in [1.29, 1.82) is 0 Å². The first-order valence-electron chi connectivity index (χ1n) is 9.93. The van der Waals surface area contributed by atoms with Gasteiger partial charge < -0.3 is 15.5 Å². The molecular formula is C19H33N5S. The monoisotopic (exact) mass is 363 g/mol. The summed E-state index contributed by atoms with van der Waals surface area (Å²) in [4.78, 5) is 13.0. The molecule has 0 atom stereocenters. The molecule has 0 bridgehead atoms. The fourth-order valence-corrected chi connectivity index (χ4v) is 4.84. The van der Waals surface area contributed by atoms with E-state index >= 15 is 0 Å². The molecule has 2 aliphatic rings. The maximum atomic E-state index is 4.48. The Morgan fingerprint density at radius 2 is 2.04 bits per heavy atom. The lowest BCUT2D eigenvalue weighted by Crippen LogP contribution is -2.50. The van der Waals surface area contributed by atoms with Crippen LogP contribution in [0.15, 0.2) is 11.2 Å². The predicted octanol–water partition coefficient (Wildman–Crippen LogP) is 2.82. The highest BCUT2D eigenvalue weighted by atomic mass is 32.1. The van der Waals surface area contributed by atoms with E-state index < -0.39 is 0 Å². The molecule has 0 amide bonds. The van der Waals surface area contributed by atoms with Gasteiger partial charge in [-0.05, 0) is 32.1 Å².